The molecule has 0 unspecified atom stereocenters. The van der Waals surface area contributed by atoms with Gasteiger partial charge in [-0.1, -0.05) is 25.5 Å². The third-order valence-corrected chi connectivity index (χ3v) is 8.71. The Morgan fingerprint density at radius 2 is 2.00 bits per heavy atom. The van der Waals surface area contributed by atoms with Crippen LogP contribution in [-0.2, 0) is 27.2 Å². The van der Waals surface area contributed by atoms with Crippen molar-refractivity contribution in [2.24, 2.45) is 5.92 Å². The van der Waals surface area contributed by atoms with Gasteiger partial charge in [0.05, 0.1) is 49.7 Å². The van der Waals surface area contributed by atoms with E-state index in [1.807, 2.05) is 22.6 Å². The first kappa shape index (κ1) is 27.7. The molecule has 2 fully saturated rings. The first-order valence-corrected chi connectivity index (χ1v) is 13.8. The van der Waals surface area contributed by atoms with Crippen LogP contribution in [0.5, 0.6) is 0 Å². The fourth-order valence-corrected chi connectivity index (χ4v) is 6.51. The van der Waals surface area contributed by atoms with Crippen LogP contribution in [0.25, 0.3) is 0 Å². The van der Waals surface area contributed by atoms with Crippen LogP contribution in [0.2, 0.25) is 0 Å². The Hall–Kier alpha value is -1.85. The van der Waals surface area contributed by atoms with Gasteiger partial charge in [0.2, 0.25) is 5.91 Å². The van der Waals surface area contributed by atoms with E-state index in [0.717, 1.165) is 37.1 Å². The van der Waals surface area contributed by atoms with E-state index in [1.54, 1.807) is 0 Å². The Balaban J connectivity index is 1.13. The van der Waals surface area contributed by atoms with Crippen molar-refractivity contribution in [3.63, 3.8) is 0 Å². The molecule has 10 nitrogen and oxygen atoms in total. The van der Waals surface area contributed by atoms with E-state index in [2.05, 4.69) is 54.0 Å². The molecule has 0 spiro atoms. The number of rotatable bonds is 16. The van der Waals surface area contributed by atoms with E-state index >= 15 is 0 Å². The number of carbonyl (C=O) groups excluding carboxylic acids is 2. The second-order valence-corrected chi connectivity index (χ2v) is 11.5. The van der Waals surface area contributed by atoms with E-state index in [9.17, 15) is 9.59 Å². The Bertz CT molecular complexity index is 837. The number of amides is 3. The summed E-state index contributed by atoms with van der Waals surface area (Å²) < 4.78 is 12.9. The molecule has 3 amide bonds. The van der Waals surface area contributed by atoms with Gasteiger partial charge in [-0.2, -0.15) is 11.8 Å². The molecule has 2 aliphatic rings. The van der Waals surface area contributed by atoms with Crippen molar-refractivity contribution in [2.45, 2.75) is 82.7 Å². The Labute approximate surface area is 213 Å². The van der Waals surface area contributed by atoms with Gasteiger partial charge in [-0.15, -0.1) is 5.10 Å². The van der Waals surface area contributed by atoms with Gasteiger partial charge in [0, 0.05) is 30.2 Å². The van der Waals surface area contributed by atoms with Gasteiger partial charge < -0.3 is 25.4 Å². The minimum Gasteiger partial charge on any atom is -0.377 e. The van der Waals surface area contributed by atoms with E-state index in [0.29, 0.717) is 57.1 Å². The van der Waals surface area contributed by atoms with Crippen molar-refractivity contribution in [3.05, 3.63) is 11.9 Å². The van der Waals surface area contributed by atoms with Crippen molar-refractivity contribution in [1.29, 1.82) is 0 Å². The van der Waals surface area contributed by atoms with Crippen molar-refractivity contribution < 1.29 is 19.1 Å². The summed E-state index contributed by atoms with van der Waals surface area (Å²) >= 11 is 1.91. The summed E-state index contributed by atoms with van der Waals surface area (Å²) in [5.41, 5.74) is 0.582. The summed E-state index contributed by atoms with van der Waals surface area (Å²) in [6.07, 6.45) is 6.22. The normalized spacial score (nSPS) is 25.5. The molecule has 35 heavy (non-hydrogen) atoms. The number of hydrogen-bond donors (Lipinski definition) is 3. The number of aromatic nitrogens is 3. The van der Waals surface area contributed by atoms with Crippen LogP contribution < -0.4 is 16.0 Å². The minimum absolute atomic E-state index is 0.0560. The highest BCUT2D eigenvalue weighted by molar-refractivity contribution is 8.00. The van der Waals surface area contributed by atoms with Crippen molar-refractivity contribution >= 4 is 23.7 Å². The fourth-order valence-electron chi connectivity index (χ4n) is 4.62. The number of fused-ring (bicyclic) bond motifs is 1. The van der Waals surface area contributed by atoms with E-state index in [1.165, 1.54) is 0 Å². The standard InChI is InChI=1S/C24H42N6O4S/c1-18(2)15-19-16-30(29-28-19)10-12-34-14-13-33-11-9-25-21(31)8-6-5-7-20-24(4)23(3,17-35-20)26-22(32)27-24/h16,18,20H,5-15,17H2,1-4H3,(H,25,31)(H2,26,27,32)/t20-,23-,24+/m0/s1. The van der Waals surface area contributed by atoms with Gasteiger partial charge in [-0.05, 0) is 39.0 Å². The summed E-state index contributed by atoms with van der Waals surface area (Å²) in [6, 6.07) is -0.0733. The number of hydrogen-bond acceptors (Lipinski definition) is 7. The van der Waals surface area contributed by atoms with E-state index < -0.39 is 0 Å². The van der Waals surface area contributed by atoms with Gasteiger partial charge in [-0.25, -0.2) is 9.48 Å². The molecule has 0 bridgehead atoms. The quantitative estimate of drug-likeness (QED) is 0.230. The Morgan fingerprint density at radius 3 is 2.77 bits per heavy atom. The number of carbonyl (C=O) groups is 2. The zero-order chi connectivity index (χ0) is 25.3. The molecule has 198 valence electrons. The average molecular weight is 511 g/mol. The lowest BCUT2D eigenvalue weighted by Gasteiger charge is -2.35. The predicted molar refractivity (Wildman–Crippen MR) is 136 cm³/mol. The summed E-state index contributed by atoms with van der Waals surface area (Å²) in [5.74, 6) is 1.54. The van der Waals surface area contributed by atoms with Crippen molar-refractivity contribution in [1.82, 2.24) is 30.9 Å². The molecule has 3 atom stereocenters. The minimum atomic E-state index is -0.231. The maximum absolute atomic E-state index is 12.1. The summed E-state index contributed by atoms with van der Waals surface area (Å²) in [5, 5.41) is 17.7. The van der Waals surface area contributed by atoms with E-state index in [4.69, 9.17) is 9.47 Å². The fraction of sp³-hybridized carbons (Fsp3) is 0.833. The number of thioether (sulfide) groups is 1. The van der Waals surface area contributed by atoms with Gasteiger partial charge in [-0.3, -0.25) is 4.79 Å². The lowest BCUT2D eigenvalue weighted by Crippen LogP contribution is -2.58. The third kappa shape index (κ3) is 7.82. The largest absolute Gasteiger partial charge is 0.377 e. The molecule has 0 aromatic carbocycles. The maximum Gasteiger partial charge on any atom is 0.315 e. The molecular weight excluding hydrogens is 468 g/mol. The molecule has 0 aliphatic carbocycles. The second kappa shape index (κ2) is 12.9. The highest BCUT2D eigenvalue weighted by atomic mass is 32.2. The van der Waals surface area contributed by atoms with Gasteiger partial charge >= 0.3 is 6.03 Å². The monoisotopic (exact) mass is 510 g/mol. The van der Waals surface area contributed by atoms with Crippen LogP contribution >= 0.6 is 11.8 Å². The zero-order valence-electron chi connectivity index (χ0n) is 21.6. The van der Waals surface area contributed by atoms with Gasteiger partial charge in [0.25, 0.3) is 0 Å². The Kier molecular flexibility index (Phi) is 10.2. The highest BCUT2D eigenvalue weighted by Crippen LogP contribution is 2.47. The number of urea groups is 1. The second-order valence-electron chi connectivity index (χ2n) is 10.3. The number of nitrogens with zero attached hydrogens (tertiary/aromatic N) is 3. The SMILES string of the molecule is CC(C)Cc1cn(CCOCCOCCNC(=O)CCCC[C@@H]2SC[C@]3(C)NC(=O)N[C@]23C)nn1. The topological polar surface area (TPSA) is 119 Å². The molecule has 3 rings (SSSR count). The van der Waals surface area contributed by atoms with E-state index in [-0.39, 0.29) is 23.0 Å². The molecule has 1 aromatic rings. The number of nitrogens with one attached hydrogen (secondary N) is 3. The molecular formula is C24H42N6O4S. The molecule has 3 heterocycles. The van der Waals surface area contributed by atoms with Crippen molar-refractivity contribution in [2.75, 3.05) is 38.7 Å². The van der Waals surface area contributed by atoms with Crippen LogP contribution in [-0.4, -0.2) is 82.0 Å². The van der Waals surface area contributed by atoms with Gasteiger partial charge in [0.15, 0.2) is 0 Å². The maximum atomic E-state index is 12.1. The first-order valence-electron chi connectivity index (χ1n) is 12.7. The lowest BCUT2D eigenvalue weighted by molar-refractivity contribution is -0.121. The molecule has 0 saturated carbocycles. The molecule has 2 saturated heterocycles. The van der Waals surface area contributed by atoms with Crippen LogP contribution in [0.4, 0.5) is 4.79 Å². The van der Waals surface area contributed by atoms with Crippen LogP contribution in [0.3, 0.4) is 0 Å². The summed E-state index contributed by atoms with van der Waals surface area (Å²) in [6.45, 7) is 11.8. The molecule has 11 heteroatoms. The van der Waals surface area contributed by atoms with Gasteiger partial charge in [0.1, 0.15) is 0 Å². The molecule has 0 radical (unpaired) electrons. The first-order chi connectivity index (χ1) is 16.7. The molecule has 3 N–H and O–H groups in total. The predicted octanol–water partition coefficient (Wildman–Crippen LogP) is 2.13. The highest BCUT2D eigenvalue weighted by Gasteiger charge is 2.60. The molecule has 2 aliphatic heterocycles. The Morgan fingerprint density at radius 1 is 1.23 bits per heavy atom. The van der Waals surface area contributed by atoms with Crippen molar-refractivity contribution in [3.8, 4) is 0 Å². The van der Waals surface area contributed by atoms with Crippen LogP contribution in [0.15, 0.2) is 6.20 Å². The smallest absolute Gasteiger partial charge is 0.315 e. The third-order valence-electron chi connectivity index (χ3n) is 6.85. The average Bonchev–Trinajstić information content (AvgIpc) is 3.39. The number of ether oxygens (including phenoxy) is 2. The van der Waals surface area contributed by atoms with Crippen LogP contribution in [0, 0.1) is 5.92 Å². The van der Waals surface area contributed by atoms with Crippen LogP contribution in [0.1, 0.15) is 59.1 Å². The summed E-state index contributed by atoms with van der Waals surface area (Å²) in [4.78, 5) is 23.9. The zero-order valence-corrected chi connectivity index (χ0v) is 22.4. The summed E-state index contributed by atoms with van der Waals surface area (Å²) in [7, 11) is 0. The molecule has 1 aromatic heterocycles. The lowest BCUT2D eigenvalue weighted by atomic mass is 9.79. The number of unbranched alkanes of at least 4 members (excludes halogenated alkanes) is 1.